The van der Waals surface area contributed by atoms with E-state index in [1.807, 2.05) is 6.07 Å². The Morgan fingerprint density at radius 3 is 2.72 bits per heavy atom. The van der Waals surface area contributed by atoms with Gasteiger partial charge in [0.05, 0.1) is 6.10 Å². The lowest BCUT2D eigenvalue weighted by molar-refractivity contribution is 0.240. The molecule has 0 saturated carbocycles. The van der Waals surface area contributed by atoms with Gasteiger partial charge in [-0.2, -0.15) is 0 Å². The van der Waals surface area contributed by atoms with Crippen LogP contribution in [-0.2, 0) is 6.42 Å². The molecule has 0 aliphatic heterocycles. The summed E-state index contributed by atoms with van der Waals surface area (Å²) in [6, 6.07) is 8.39. The van der Waals surface area contributed by atoms with Crippen LogP contribution in [0.15, 0.2) is 48.1 Å². The molecule has 0 unspecified atom stereocenters. The third kappa shape index (κ3) is 3.76. The molecule has 0 N–H and O–H groups in total. The number of hydrogen-bond donors (Lipinski definition) is 0. The van der Waals surface area contributed by atoms with Crippen LogP contribution in [0.4, 0.5) is 0 Å². The molecule has 0 amide bonds. The Labute approximate surface area is 110 Å². The number of hydrogen-bond acceptors (Lipinski definition) is 1. The van der Waals surface area contributed by atoms with Crippen LogP contribution in [0.1, 0.15) is 38.7 Å². The first-order valence-electron chi connectivity index (χ1n) is 6.86. The van der Waals surface area contributed by atoms with Gasteiger partial charge in [0.15, 0.2) is 0 Å². The minimum atomic E-state index is 0.242. The Kier molecular flexibility index (Phi) is 4.63. The molecule has 0 spiro atoms. The molecule has 0 atom stereocenters. The van der Waals surface area contributed by atoms with Gasteiger partial charge in [-0.15, -0.1) is 0 Å². The highest BCUT2D eigenvalue weighted by molar-refractivity contribution is 5.34. The maximum absolute atomic E-state index is 5.84. The molecule has 18 heavy (non-hydrogen) atoms. The average molecular weight is 242 g/mol. The van der Waals surface area contributed by atoms with Crippen LogP contribution >= 0.6 is 0 Å². The molecule has 1 aromatic rings. The van der Waals surface area contributed by atoms with Crippen molar-refractivity contribution in [3.8, 4) is 5.75 Å². The fraction of sp³-hybridized carbons (Fsp3) is 0.412. The van der Waals surface area contributed by atoms with E-state index in [0.717, 1.165) is 18.6 Å². The van der Waals surface area contributed by atoms with Gasteiger partial charge in [0.25, 0.3) is 0 Å². The van der Waals surface area contributed by atoms with Gasteiger partial charge in [0.2, 0.25) is 0 Å². The predicted octanol–water partition coefficient (Wildman–Crippen LogP) is 4.68. The topological polar surface area (TPSA) is 9.23 Å². The van der Waals surface area contributed by atoms with Gasteiger partial charge >= 0.3 is 0 Å². The monoisotopic (exact) mass is 242 g/mol. The summed E-state index contributed by atoms with van der Waals surface area (Å²) in [5, 5.41) is 0. The molecule has 0 fully saturated rings. The molecular formula is C17H22O. The van der Waals surface area contributed by atoms with Crippen molar-refractivity contribution in [3.63, 3.8) is 0 Å². The molecule has 1 heteroatoms. The van der Waals surface area contributed by atoms with Crippen LogP contribution in [0, 0.1) is 0 Å². The number of rotatable bonds is 6. The Balaban J connectivity index is 1.89. The second kappa shape index (κ2) is 6.44. The summed E-state index contributed by atoms with van der Waals surface area (Å²) in [6.45, 7) is 4.15. The molecular weight excluding hydrogens is 220 g/mol. The predicted molar refractivity (Wildman–Crippen MR) is 77.0 cm³/mol. The third-order valence-electron chi connectivity index (χ3n) is 3.09. The fourth-order valence-electron chi connectivity index (χ4n) is 2.25. The highest BCUT2D eigenvalue weighted by Gasteiger charge is 2.05. The van der Waals surface area contributed by atoms with Crippen LogP contribution in [0.25, 0.3) is 0 Å². The van der Waals surface area contributed by atoms with E-state index in [1.54, 1.807) is 0 Å². The summed E-state index contributed by atoms with van der Waals surface area (Å²) in [7, 11) is 0. The maximum atomic E-state index is 5.84. The Bertz CT molecular complexity index is 441. The molecule has 1 aliphatic rings. The van der Waals surface area contributed by atoms with Gasteiger partial charge in [0.1, 0.15) is 5.75 Å². The zero-order chi connectivity index (χ0) is 12.8. The smallest absolute Gasteiger partial charge is 0.122 e. The molecule has 1 aliphatic carbocycles. The third-order valence-corrected chi connectivity index (χ3v) is 3.09. The van der Waals surface area contributed by atoms with E-state index in [9.17, 15) is 0 Å². The van der Waals surface area contributed by atoms with Crippen LogP contribution < -0.4 is 4.74 Å². The van der Waals surface area contributed by atoms with E-state index in [-0.39, 0.29) is 6.10 Å². The standard InChI is InChI=1S/C17H22O/c1-14(2)18-17-13-6-5-11-16(17)12-7-10-15-8-3-4-9-15/h3,5-6,8-9,11,13-14H,4,7,10,12H2,1-2H3. The molecule has 96 valence electrons. The van der Waals surface area contributed by atoms with Crippen LogP contribution in [0.5, 0.6) is 5.75 Å². The second-order valence-corrected chi connectivity index (χ2v) is 5.04. The highest BCUT2D eigenvalue weighted by Crippen LogP contribution is 2.23. The van der Waals surface area contributed by atoms with E-state index in [4.69, 9.17) is 4.74 Å². The van der Waals surface area contributed by atoms with E-state index in [2.05, 4.69) is 50.3 Å². The first-order valence-corrected chi connectivity index (χ1v) is 6.86. The van der Waals surface area contributed by atoms with Crippen molar-refractivity contribution in [2.24, 2.45) is 0 Å². The number of benzene rings is 1. The van der Waals surface area contributed by atoms with Crippen LogP contribution in [0.3, 0.4) is 0 Å². The first-order chi connectivity index (χ1) is 8.75. The number of aryl methyl sites for hydroxylation is 1. The highest BCUT2D eigenvalue weighted by atomic mass is 16.5. The summed E-state index contributed by atoms with van der Waals surface area (Å²) in [5.41, 5.74) is 2.81. The lowest BCUT2D eigenvalue weighted by Gasteiger charge is -2.14. The quantitative estimate of drug-likeness (QED) is 0.703. The summed E-state index contributed by atoms with van der Waals surface area (Å²) in [6.07, 6.45) is 11.6. The van der Waals surface area contributed by atoms with Crippen molar-refractivity contribution >= 4 is 0 Å². The molecule has 0 saturated heterocycles. The van der Waals surface area contributed by atoms with E-state index >= 15 is 0 Å². The number of para-hydroxylation sites is 1. The van der Waals surface area contributed by atoms with Gasteiger partial charge in [0, 0.05) is 0 Å². The van der Waals surface area contributed by atoms with Crippen molar-refractivity contribution in [1.82, 2.24) is 0 Å². The van der Waals surface area contributed by atoms with Crippen molar-refractivity contribution in [2.75, 3.05) is 0 Å². The SMILES string of the molecule is CC(C)Oc1ccccc1CCCC1=CCC=C1. The zero-order valence-electron chi connectivity index (χ0n) is 11.4. The number of allylic oxidation sites excluding steroid dienone is 4. The molecule has 0 heterocycles. The van der Waals surface area contributed by atoms with Crippen LogP contribution in [-0.4, -0.2) is 6.10 Å². The van der Waals surface area contributed by atoms with Crippen molar-refractivity contribution in [2.45, 2.75) is 45.6 Å². The molecule has 0 bridgehead atoms. The summed E-state index contributed by atoms with van der Waals surface area (Å²) in [5.74, 6) is 1.04. The summed E-state index contributed by atoms with van der Waals surface area (Å²) < 4.78 is 5.84. The Morgan fingerprint density at radius 1 is 1.17 bits per heavy atom. The lowest BCUT2D eigenvalue weighted by atomic mass is 10.0. The first kappa shape index (κ1) is 12.9. The zero-order valence-corrected chi connectivity index (χ0v) is 11.4. The molecule has 2 rings (SSSR count). The minimum Gasteiger partial charge on any atom is -0.491 e. The Hall–Kier alpha value is -1.50. The molecule has 0 radical (unpaired) electrons. The minimum absolute atomic E-state index is 0.242. The average Bonchev–Trinajstić information content (AvgIpc) is 2.84. The Morgan fingerprint density at radius 2 is 2.00 bits per heavy atom. The fourth-order valence-corrected chi connectivity index (χ4v) is 2.25. The van der Waals surface area contributed by atoms with Crippen molar-refractivity contribution in [1.29, 1.82) is 0 Å². The maximum Gasteiger partial charge on any atom is 0.122 e. The van der Waals surface area contributed by atoms with E-state index < -0.39 is 0 Å². The second-order valence-electron chi connectivity index (χ2n) is 5.04. The van der Waals surface area contributed by atoms with E-state index in [1.165, 1.54) is 24.0 Å². The summed E-state index contributed by atoms with van der Waals surface area (Å²) in [4.78, 5) is 0. The van der Waals surface area contributed by atoms with E-state index in [0.29, 0.717) is 0 Å². The molecule has 0 aromatic heterocycles. The van der Waals surface area contributed by atoms with Crippen molar-refractivity contribution < 1.29 is 4.74 Å². The van der Waals surface area contributed by atoms with Crippen LogP contribution in [0.2, 0.25) is 0 Å². The normalized spacial score (nSPS) is 14.1. The van der Waals surface area contributed by atoms with Gasteiger partial charge in [-0.25, -0.2) is 0 Å². The lowest BCUT2D eigenvalue weighted by Crippen LogP contribution is -2.07. The van der Waals surface area contributed by atoms with Gasteiger partial charge in [-0.3, -0.25) is 0 Å². The van der Waals surface area contributed by atoms with Gasteiger partial charge in [-0.05, 0) is 51.2 Å². The molecule has 1 aromatic carbocycles. The summed E-state index contributed by atoms with van der Waals surface area (Å²) >= 11 is 0. The molecule has 1 nitrogen and oxygen atoms in total. The van der Waals surface area contributed by atoms with Gasteiger partial charge in [-0.1, -0.05) is 42.0 Å². The van der Waals surface area contributed by atoms with Crippen molar-refractivity contribution in [3.05, 3.63) is 53.6 Å². The van der Waals surface area contributed by atoms with Gasteiger partial charge < -0.3 is 4.74 Å². The number of ether oxygens (including phenoxy) is 1. The largest absolute Gasteiger partial charge is 0.491 e.